The minimum atomic E-state index is -1.34. The van der Waals surface area contributed by atoms with E-state index in [4.69, 9.17) is 10.0 Å². The van der Waals surface area contributed by atoms with Gasteiger partial charge < -0.3 is 14.8 Å². The molecule has 4 heteroatoms. The standard InChI is InChI=1S/C4H8.C3H7BO2.C3H6O/c1-4(2)3;1-3(2)4(5)6;1-3(2)4/h1H2,2-3H3;5-6H,1H2,2H3;1-2H3. The predicted molar refractivity (Wildman–Crippen MR) is 61.8 cm³/mol. The molecule has 0 bridgehead atoms. The van der Waals surface area contributed by atoms with Gasteiger partial charge in [0.2, 0.25) is 0 Å². The average Bonchev–Trinajstić information content (AvgIpc) is 1.83. The number of allylic oxidation sites excluding steroid dienone is 2. The lowest BCUT2D eigenvalue weighted by molar-refractivity contribution is -0.114. The minimum Gasteiger partial charge on any atom is -0.423 e. The molecule has 0 atom stereocenters. The number of hydrogen-bond donors (Lipinski definition) is 2. The molecule has 0 aromatic heterocycles. The zero-order chi connectivity index (χ0) is 12.3. The highest BCUT2D eigenvalue weighted by Crippen LogP contribution is 1.83. The van der Waals surface area contributed by atoms with Crippen LogP contribution in [-0.4, -0.2) is 22.9 Å². The van der Waals surface area contributed by atoms with Crippen LogP contribution in [0.4, 0.5) is 0 Å². The van der Waals surface area contributed by atoms with Crippen LogP contribution in [0.25, 0.3) is 0 Å². The van der Waals surface area contributed by atoms with Crippen molar-refractivity contribution in [2.75, 3.05) is 0 Å². The van der Waals surface area contributed by atoms with Gasteiger partial charge in [-0.1, -0.05) is 11.0 Å². The Morgan fingerprint density at radius 3 is 1.07 bits per heavy atom. The number of carbonyl (C=O) groups excluding carboxylic acids is 1. The molecule has 3 nitrogen and oxygen atoms in total. The third-order valence-corrected chi connectivity index (χ3v) is 0.441. The van der Waals surface area contributed by atoms with Gasteiger partial charge in [-0.15, -0.1) is 13.2 Å². The summed E-state index contributed by atoms with van der Waals surface area (Å²) >= 11 is 0. The number of carbonyl (C=O) groups is 1. The number of Topliss-reactive ketones (excluding diaryl/α,β-unsaturated/α-hetero) is 1. The van der Waals surface area contributed by atoms with E-state index in [1.165, 1.54) is 19.4 Å². The van der Waals surface area contributed by atoms with Crippen molar-refractivity contribution in [1.82, 2.24) is 0 Å². The molecule has 0 heterocycles. The van der Waals surface area contributed by atoms with Crippen molar-refractivity contribution in [3.8, 4) is 0 Å². The Balaban J connectivity index is -0.000000135. The molecule has 0 aliphatic rings. The summed E-state index contributed by atoms with van der Waals surface area (Å²) in [5.74, 6) is 0.167. The first kappa shape index (κ1) is 18.8. The number of rotatable bonds is 1. The van der Waals surface area contributed by atoms with Crippen molar-refractivity contribution in [2.24, 2.45) is 0 Å². The summed E-state index contributed by atoms with van der Waals surface area (Å²) in [5.41, 5.74) is 1.54. The van der Waals surface area contributed by atoms with Gasteiger partial charge in [-0.2, -0.15) is 0 Å². The second kappa shape index (κ2) is 12.1. The van der Waals surface area contributed by atoms with Gasteiger partial charge in [0.25, 0.3) is 0 Å². The Morgan fingerprint density at radius 1 is 1.00 bits per heavy atom. The average molecular weight is 200 g/mol. The molecule has 0 spiro atoms. The smallest absolute Gasteiger partial charge is 0.423 e. The first-order valence-corrected chi connectivity index (χ1v) is 4.22. The molecule has 14 heavy (non-hydrogen) atoms. The topological polar surface area (TPSA) is 57.5 Å². The van der Waals surface area contributed by atoms with Gasteiger partial charge in [-0.05, 0) is 34.6 Å². The molecule has 0 fully saturated rings. The third kappa shape index (κ3) is 116. The first-order chi connectivity index (χ1) is 6.11. The zero-order valence-corrected chi connectivity index (χ0v) is 9.79. The highest BCUT2D eigenvalue weighted by Gasteiger charge is 2.03. The fourth-order valence-electron chi connectivity index (χ4n) is 0. The molecule has 82 valence electrons. The zero-order valence-electron chi connectivity index (χ0n) is 9.79. The Hall–Kier alpha value is -0.865. The first-order valence-electron chi connectivity index (χ1n) is 4.22. The summed E-state index contributed by atoms with van der Waals surface area (Å²) in [6, 6.07) is 0. The van der Waals surface area contributed by atoms with Crippen molar-refractivity contribution in [3.63, 3.8) is 0 Å². The van der Waals surface area contributed by atoms with Crippen LogP contribution in [0.2, 0.25) is 0 Å². The van der Waals surface area contributed by atoms with Gasteiger partial charge in [-0.25, -0.2) is 0 Å². The van der Waals surface area contributed by atoms with E-state index in [0.29, 0.717) is 5.47 Å². The Labute approximate surface area is 87.3 Å². The maximum atomic E-state index is 9.44. The fraction of sp³-hybridized carbons (Fsp3) is 0.500. The van der Waals surface area contributed by atoms with Crippen LogP contribution >= 0.6 is 0 Å². The maximum absolute atomic E-state index is 9.44. The lowest BCUT2D eigenvalue weighted by Crippen LogP contribution is -2.11. The van der Waals surface area contributed by atoms with Gasteiger partial charge in [0.15, 0.2) is 0 Å². The molecular weight excluding hydrogens is 179 g/mol. The van der Waals surface area contributed by atoms with E-state index in [1.807, 2.05) is 13.8 Å². The molecule has 0 saturated carbocycles. The molecule has 0 aromatic rings. The lowest BCUT2D eigenvalue weighted by Gasteiger charge is -1.88. The molecule has 0 unspecified atom stereocenters. The summed E-state index contributed by atoms with van der Waals surface area (Å²) in [4.78, 5) is 9.44. The second-order valence-electron chi connectivity index (χ2n) is 3.34. The predicted octanol–water partition coefficient (Wildman–Crippen LogP) is 1.75. The summed E-state index contributed by atoms with van der Waals surface area (Å²) in [6.45, 7) is 15.4. The summed E-state index contributed by atoms with van der Waals surface area (Å²) < 4.78 is 0. The summed E-state index contributed by atoms with van der Waals surface area (Å²) in [6.07, 6.45) is 0. The van der Waals surface area contributed by atoms with Crippen molar-refractivity contribution in [3.05, 3.63) is 24.2 Å². The SMILES string of the molecule is C=C(C)B(O)O.C=C(C)C.CC(C)=O. The largest absolute Gasteiger partial charge is 0.483 e. The van der Waals surface area contributed by atoms with Crippen LogP contribution in [-0.2, 0) is 4.79 Å². The van der Waals surface area contributed by atoms with Gasteiger partial charge in [0.05, 0.1) is 0 Å². The summed E-state index contributed by atoms with van der Waals surface area (Å²) in [7, 11) is -1.34. The molecule has 0 aliphatic carbocycles. The van der Waals surface area contributed by atoms with Crippen molar-refractivity contribution < 1.29 is 14.8 Å². The molecule has 0 radical (unpaired) electrons. The quantitative estimate of drug-likeness (QED) is 0.500. The van der Waals surface area contributed by atoms with Crippen LogP contribution in [0.5, 0.6) is 0 Å². The van der Waals surface area contributed by atoms with E-state index in [0.717, 1.165) is 0 Å². The lowest BCUT2D eigenvalue weighted by atomic mass is 9.82. The van der Waals surface area contributed by atoms with Crippen molar-refractivity contribution >= 4 is 12.9 Å². The van der Waals surface area contributed by atoms with Crippen molar-refractivity contribution in [2.45, 2.75) is 34.6 Å². The van der Waals surface area contributed by atoms with E-state index in [1.54, 1.807) is 6.92 Å². The third-order valence-electron chi connectivity index (χ3n) is 0.441. The second-order valence-corrected chi connectivity index (χ2v) is 3.34. The van der Waals surface area contributed by atoms with E-state index in [9.17, 15) is 4.79 Å². The fourth-order valence-corrected chi connectivity index (χ4v) is 0. The van der Waals surface area contributed by atoms with Crippen LogP contribution in [0.1, 0.15) is 34.6 Å². The highest BCUT2D eigenvalue weighted by molar-refractivity contribution is 6.50. The van der Waals surface area contributed by atoms with E-state index in [2.05, 4.69) is 13.2 Å². The Bertz CT molecular complexity index is 166. The molecular formula is C10H21BO3. The Kier molecular flexibility index (Phi) is 16.3. The molecule has 0 amide bonds. The van der Waals surface area contributed by atoms with Gasteiger partial charge >= 0.3 is 7.12 Å². The van der Waals surface area contributed by atoms with Crippen LogP contribution in [0, 0.1) is 0 Å². The molecule has 0 aromatic carbocycles. The summed E-state index contributed by atoms with van der Waals surface area (Å²) in [5, 5.41) is 16.2. The van der Waals surface area contributed by atoms with Gasteiger partial charge in [-0.3, -0.25) is 0 Å². The Morgan fingerprint density at radius 2 is 1.07 bits per heavy atom. The minimum absolute atomic E-state index is 0.167. The number of ketones is 1. The normalized spacial score (nSPS) is 7.07. The molecule has 0 rings (SSSR count). The van der Waals surface area contributed by atoms with Crippen molar-refractivity contribution in [1.29, 1.82) is 0 Å². The molecule has 2 N–H and O–H groups in total. The van der Waals surface area contributed by atoms with E-state index in [-0.39, 0.29) is 5.78 Å². The van der Waals surface area contributed by atoms with Crippen LogP contribution < -0.4 is 0 Å². The maximum Gasteiger partial charge on any atom is 0.483 e. The highest BCUT2D eigenvalue weighted by atomic mass is 16.4. The molecule has 0 aliphatic heterocycles. The monoisotopic (exact) mass is 200 g/mol. The number of hydrogen-bond acceptors (Lipinski definition) is 3. The molecule has 0 saturated heterocycles. The van der Waals surface area contributed by atoms with E-state index < -0.39 is 7.12 Å². The van der Waals surface area contributed by atoms with Crippen LogP contribution in [0.3, 0.4) is 0 Å². The van der Waals surface area contributed by atoms with Crippen LogP contribution in [0.15, 0.2) is 24.2 Å². The van der Waals surface area contributed by atoms with Gasteiger partial charge in [0, 0.05) is 0 Å². The van der Waals surface area contributed by atoms with E-state index >= 15 is 0 Å². The van der Waals surface area contributed by atoms with Gasteiger partial charge in [0.1, 0.15) is 5.78 Å².